The number of ketones is 1. The lowest BCUT2D eigenvalue weighted by atomic mass is 10.1. The number of amides is 1. The minimum absolute atomic E-state index is 0.248. The van der Waals surface area contributed by atoms with Gasteiger partial charge < -0.3 is 10.1 Å². The number of carbonyl (C=O) groups excluding carboxylic acids is 2. The summed E-state index contributed by atoms with van der Waals surface area (Å²) in [5, 5.41) is 2.19. The van der Waals surface area contributed by atoms with Gasteiger partial charge in [0.25, 0.3) is 5.91 Å². The van der Waals surface area contributed by atoms with Gasteiger partial charge in [0.05, 0.1) is 23.4 Å². The number of hydrogen-bond acceptors (Lipinski definition) is 3. The Bertz CT molecular complexity index is 887. The van der Waals surface area contributed by atoms with Crippen molar-refractivity contribution in [3.05, 3.63) is 65.2 Å². The molecule has 0 unspecified atom stereocenters. The Morgan fingerprint density at radius 2 is 1.72 bits per heavy atom. The first-order valence-electron chi connectivity index (χ1n) is 9.15. The molecule has 7 heteroatoms. The fourth-order valence-corrected chi connectivity index (χ4v) is 2.52. The first-order chi connectivity index (χ1) is 13.7. The molecule has 0 aliphatic rings. The predicted molar refractivity (Wildman–Crippen MR) is 106 cm³/mol. The maximum absolute atomic E-state index is 13.1. The van der Waals surface area contributed by atoms with Crippen LogP contribution in [0.25, 0.3) is 6.08 Å². The van der Waals surface area contributed by atoms with E-state index in [-0.39, 0.29) is 5.57 Å². The van der Waals surface area contributed by atoms with E-state index >= 15 is 0 Å². The highest BCUT2D eigenvalue weighted by Crippen LogP contribution is 2.34. The molecule has 0 aromatic heterocycles. The van der Waals surface area contributed by atoms with Crippen LogP contribution in [0.2, 0.25) is 0 Å². The summed E-state index contributed by atoms with van der Waals surface area (Å²) in [5.74, 6) is -0.809. The van der Waals surface area contributed by atoms with Crippen molar-refractivity contribution in [3.8, 4) is 5.75 Å². The lowest BCUT2D eigenvalue weighted by molar-refractivity contribution is -0.137. The van der Waals surface area contributed by atoms with Gasteiger partial charge in [-0.2, -0.15) is 13.2 Å². The molecule has 2 aromatic rings. The summed E-state index contributed by atoms with van der Waals surface area (Å²) in [6, 6.07) is 11.4. The van der Waals surface area contributed by atoms with Crippen molar-refractivity contribution in [1.29, 1.82) is 0 Å². The van der Waals surface area contributed by atoms with E-state index in [1.165, 1.54) is 25.1 Å². The smallest absolute Gasteiger partial charge is 0.418 e. The van der Waals surface area contributed by atoms with Crippen LogP contribution in [0.5, 0.6) is 5.75 Å². The SMILES string of the molecule is CCCCOc1ccc(/C=C(\C(C)=O)C(=O)Nc2ccccc2C(F)(F)F)cc1. The van der Waals surface area contributed by atoms with Crippen LogP contribution < -0.4 is 10.1 Å². The van der Waals surface area contributed by atoms with E-state index < -0.39 is 29.1 Å². The van der Waals surface area contributed by atoms with Crippen LogP contribution in [0.1, 0.15) is 37.8 Å². The number of benzene rings is 2. The van der Waals surface area contributed by atoms with Crippen molar-refractivity contribution in [2.24, 2.45) is 0 Å². The molecule has 0 saturated carbocycles. The van der Waals surface area contributed by atoms with Gasteiger partial charge in [0.15, 0.2) is 5.78 Å². The Morgan fingerprint density at radius 1 is 1.07 bits per heavy atom. The minimum Gasteiger partial charge on any atom is -0.494 e. The van der Waals surface area contributed by atoms with Crippen LogP contribution in [-0.4, -0.2) is 18.3 Å². The summed E-state index contributed by atoms with van der Waals surface area (Å²) in [7, 11) is 0. The van der Waals surface area contributed by atoms with E-state index in [9.17, 15) is 22.8 Å². The summed E-state index contributed by atoms with van der Waals surface area (Å²) in [6.07, 6.45) is -1.35. The number of Topliss-reactive ketones (excluding diaryl/α,β-unsaturated/α-hetero) is 1. The first-order valence-corrected chi connectivity index (χ1v) is 9.15. The number of carbonyl (C=O) groups is 2. The quantitative estimate of drug-likeness (QED) is 0.273. The third-order valence-electron chi connectivity index (χ3n) is 4.06. The number of unbranched alkanes of at least 4 members (excludes halogenated alkanes) is 1. The molecule has 0 radical (unpaired) electrons. The molecule has 0 aliphatic heterocycles. The second kappa shape index (κ2) is 9.91. The molecule has 0 heterocycles. The molecule has 0 spiro atoms. The molecule has 29 heavy (non-hydrogen) atoms. The number of nitrogens with one attached hydrogen (secondary N) is 1. The zero-order chi connectivity index (χ0) is 21.4. The van der Waals surface area contributed by atoms with Crippen LogP contribution in [0.4, 0.5) is 18.9 Å². The standard InChI is InChI=1S/C22H22F3NO3/c1-3-4-13-29-17-11-9-16(10-12-17)14-18(15(2)27)21(28)26-20-8-6-5-7-19(20)22(23,24)25/h5-12,14H,3-4,13H2,1-2H3,(H,26,28)/b18-14+. The van der Waals surface area contributed by atoms with E-state index in [4.69, 9.17) is 4.74 Å². The molecule has 0 bridgehead atoms. The van der Waals surface area contributed by atoms with Gasteiger partial charge in [-0.1, -0.05) is 37.6 Å². The second-order valence-corrected chi connectivity index (χ2v) is 6.38. The third-order valence-corrected chi connectivity index (χ3v) is 4.06. The van der Waals surface area contributed by atoms with Crippen molar-refractivity contribution >= 4 is 23.5 Å². The Morgan fingerprint density at radius 3 is 2.31 bits per heavy atom. The Labute approximate surface area is 167 Å². The third kappa shape index (κ3) is 6.48. The van der Waals surface area contributed by atoms with Gasteiger partial charge in [0, 0.05) is 0 Å². The fourth-order valence-electron chi connectivity index (χ4n) is 2.52. The lowest BCUT2D eigenvalue weighted by Gasteiger charge is -2.14. The highest BCUT2D eigenvalue weighted by molar-refractivity contribution is 6.25. The van der Waals surface area contributed by atoms with Crippen molar-refractivity contribution in [2.45, 2.75) is 32.9 Å². The van der Waals surface area contributed by atoms with Crippen molar-refractivity contribution in [1.82, 2.24) is 0 Å². The second-order valence-electron chi connectivity index (χ2n) is 6.38. The van der Waals surface area contributed by atoms with Gasteiger partial charge in [-0.05, 0) is 49.2 Å². The number of hydrogen-bond donors (Lipinski definition) is 1. The lowest BCUT2D eigenvalue weighted by Crippen LogP contribution is -2.21. The van der Waals surface area contributed by atoms with Crippen LogP contribution in [0.3, 0.4) is 0 Å². The first kappa shape index (κ1) is 22.2. The predicted octanol–water partition coefficient (Wildman–Crippen LogP) is 5.50. The topological polar surface area (TPSA) is 55.4 Å². The highest BCUT2D eigenvalue weighted by Gasteiger charge is 2.33. The van der Waals surface area contributed by atoms with Crippen LogP contribution in [-0.2, 0) is 15.8 Å². The number of rotatable bonds is 8. The van der Waals surface area contributed by atoms with Gasteiger partial charge in [0.1, 0.15) is 5.75 Å². The maximum atomic E-state index is 13.1. The van der Waals surface area contributed by atoms with E-state index in [0.717, 1.165) is 25.0 Å². The molecular weight excluding hydrogens is 383 g/mol. The van der Waals surface area contributed by atoms with E-state index in [1.54, 1.807) is 24.3 Å². The van der Waals surface area contributed by atoms with E-state index in [1.807, 2.05) is 0 Å². The van der Waals surface area contributed by atoms with Crippen LogP contribution in [0.15, 0.2) is 54.1 Å². The molecule has 1 N–H and O–H groups in total. The molecule has 154 valence electrons. The number of alkyl halides is 3. The fraction of sp³-hybridized carbons (Fsp3) is 0.273. The number of para-hydroxylation sites is 1. The average Bonchev–Trinajstić information content (AvgIpc) is 2.66. The van der Waals surface area contributed by atoms with Crippen molar-refractivity contribution < 1.29 is 27.5 Å². The Kier molecular flexibility index (Phi) is 7.59. The molecule has 1 amide bonds. The number of halogens is 3. The molecule has 0 fully saturated rings. The monoisotopic (exact) mass is 405 g/mol. The summed E-state index contributed by atoms with van der Waals surface area (Å²) >= 11 is 0. The molecule has 2 rings (SSSR count). The number of ether oxygens (including phenoxy) is 1. The highest BCUT2D eigenvalue weighted by atomic mass is 19.4. The Balaban J connectivity index is 2.21. The van der Waals surface area contributed by atoms with Crippen molar-refractivity contribution in [3.63, 3.8) is 0 Å². The normalized spacial score (nSPS) is 11.8. The zero-order valence-electron chi connectivity index (χ0n) is 16.2. The molecular formula is C22H22F3NO3. The van der Waals surface area contributed by atoms with Crippen molar-refractivity contribution in [2.75, 3.05) is 11.9 Å². The molecule has 0 aliphatic carbocycles. The van der Waals surface area contributed by atoms with Gasteiger partial charge in [-0.15, -0.1) is 0 Å². The largest absolute Gasteiger partial charge is 0.494 e. The van der Waals surface area contributed by atoms with E-state index in [0.29, 0.717) is 17.9 Å². The van der Waals surface area contributed by atoms with Gasteiger partial charge in [-0.25, -0.2) is 0 Å². The van der Waals surface area contributed by atoms with E-state index in [2.05, 4.69) is 12.2 Å². The van der Waals surface area contributed by atoms with Crippen LogP contribution in [0, 0.1) is 0 Å². The molecule has 0 atom stereocenters. The summed E-state index contributed by atoms with van der Waals surface area (Å²) in [6.45, 7) is 3.83. The number of anilines is 1. The molecule has 0 saturated heterocycles. The summed E-state index contributed by atoms with van der Waals surface area (Å²) < 4.78 is 44.9. The van der Waals surface area contributed by atoms with Gasteiger partial charge >= 0.3 is 6.18 Å². The summed E-state index contributed by atoms with van der Waals surface area (Å²) in [4.78, 5) is 24.4. The van der Waals surface area contributed by atoms with Gasteiger partial charge in [-0.3, -0.25) is 9.59 Å². The minimum atomic E-state index is -4.63. The molecule has 2 aromatic carbocycles. The maximum Gasteiger partial charge on any atom is 0.418 e. The summed E-state index contributed by atoms with van der Waals surface area (Å²) in [5.41, 5.74) is -1.08. The van der Waals surface area contributed by atoms with Crippen LogP contribution >= 0.6 is 0 Å². The zero-order valence-corrected chi connectivity index (χ0v) is 16.2. The van der Waals surface area contributed by atoms with Gasteiger partial charge in [0.2, 0.25) is 0 Å². The Hall–Kier alpha value is -3.09. The average molecular weight is 405 g/mol. The molecule has 4 nitrogen and oxygen atoms in total.